The molecule has 1 atom stereocenters. The molecule has 1 aromatic rings. The summed E-state index contributed by atoms with van der Waals surface area (Å²) < 4.78 is 36.1. The minimum absolute atomic E-state index is 0.276. The van der Waals surface area contributed by atoms with Crippen LogP contribution in [0.1, 0.15) is 30.9 Å². The van der Waals surface area contributed by atoms with Crippen molar-refractivity contribution in [3.8, 4) is 0 Å². The summed E-state index contributed by atoms with van der Waals surface area (Å²) in [5.74, 6) is 0. The average molecular weight is 243 g/mol. The largest absolute Gasteiger partial charge is 0.375 e. The highest BCUT2D eigenvalue weighted by Gasteiger charge is 2.32. The van der Waals surface area contributed by atoms with Crippen LogP contribution in [0.3, 0.4) is 0 Å². The fourth-order valence-electron chi connectivity index (χ4n) is 2.17. The van der Waals surface area contributed by atoms with Crippen LogP contribution in [0, 0.1) is 0 Å². The molecular formula is C11H14FNO2S. The van der Waals surface area contributed by atoms with E-state index in [-0.39, 0.29) is 12.6 Å². The summed E-state index contributed by atoms with van der Waals surface area (Å²) in [6, 6.07) is 8.88. The average Bonchev–Trinajstić information content (AvgIpc) is 2.29. The summed E-state index contributed by atoms with van der Waals surface area (Å²) in [5, 5.41) is 0. The van der Waals surface area contributed by atoms with Crippen LogP contribution < -0.4 is 0 Å². The molecule has 2 rings (SSSR count). The molecule has 88 valence electrons. The standard InChI is InChI=1S/C11H14FNO2S/c12-16(14,15)13-9-5-4-8-11(13)10-6-2-1-3-7-10/h1-3,6-7,11H,4-5,8-9H2. The van der Waals surface area contributed by atoms with Gasteiger partial charge >= 0.3 is 10.4 Å². The fraction of sp³-hybridized carbons (Fsp3) is 0.455. The smallest absolute Gasteiger partial charge is 0.177 e. The molecule has 0 N–H and O–H groups in total. The van der Waals surface area contributed by atoms with E-state index in [4.69, 9.17) is 0 Å². The molecular weight excluding hydrogens is 229 g/mol. The molecule has 1 fully saturated rings. The minimum atomic E-state index is -4.59. The van der Waals surface area contributed by atoms with Crippen molar-refractivity contribution in [2.75, 3.05) is 6.54 Å². The first-order valence-corrected chi connectivity index (χ1v) is 6.69. The second-order valence-electron chi connectivity index (χ2n) is 3.98. The Morgan fingerprint density at radius 2 is 1.88 bits per heavy atom. The molecule has 1 heterocycles. The Morgan fingerprint density at radius 3 is 2.50 bits per heavy atom. The van der Waals surface area contributed by atoms with Crippen LogP contribution in [0.25, 0.3) is 0 Å². The maximum Gasteiger partial charge on any atom is 0.375 e. The van der Waals surface area contributed by atoms with Crippen molar-refractivity contribution in [1.82, 2.24) is 4.31 Å². The molecule has 1 aliphatic heterocycles. The van der Waals surface area contributed by atoms with Gasteiger partial charge in [-0.25, -0.2) is 0 Å². The SMILES string of the molecule is O=S(=O)(F)N1CCCCC1c1ccccc1. The number of halogens is 1. The Morgan fingerprint density at radius 1 is 1.19 bits per heavy atom. The van der Waals surface area contributed by atoms with Crippen molar-refractivity contribution in [2.45, 2.75) is 25.3 Å². The second-order valence-corrected chi connectivity index (χ2v) is 5.27. The normalized spacial score (nSPS) is 23.2. The lowest BCUT2D eigenvalue weighted by Gasteiger charge is -2.32. The van der Waals surface area contributed by atoms with Gasteiger partial charge in [-0.15, -0.1) is 0 Å². The Hall–Kier alpha value is -0.940. The molecule has 0 aliphatic carbocycles. The fourth-order valence-corrected chi connectivity index (χ4v) is 3.05. The van der Waals surface area contributed by atoms with Gasteiger partial charge in [-0.2, -0.15) is 12.7 Å². The molecule has 16 heavy (non-hydrogen) atoms. The van der Waals surface area contributed by atoms with E-state index in [0.29, 0.717) is 6.42 Å². The van der Waals surface area contributed by atoms with Gasteiger partial charge in [0.25, 0.3) is 0 Å². The van der Waals surface area contributed by atoms with Crippen molar-refractivity contribution < 1.29 is 12.3 Å². The zero-order valence-electron chi connectivity index (χ0n) is 8.84. The molecule has 1 aromatic carbocycles. The maximum absolute atomic E-state index is 13.1. The molecule has 1 unspecified atom stereocenters. The first-order chi connectivity index (χ1) is 7.59. The maximum atomic E-state index is 13.1. The van der Waals surface area contributed by atoms with Gasteiger partial charge in [-0.1, -0.05) is 40.6 Å². The summed E-state index contributed by atoms with van der Waals surface area (Å²) in [6.07, 6.45) is 2.35. The third-order valence-electron chi connectivity index (χ3n) is 2.92. The highest BCUT2D eigenvalue weighted by Crippen LogP contribution is 2.33. The quantitative estimate of drug-likeness (QED) is 0.748. The first kappa shape index (κ1) is 11.5. The van der Waals surface area contributed by atoms with Gasteiger partial charge in [0.15, 0.2) is 0 Å². The summed E-state index contributed by atoms with van der Waals surface area (Å²) in [5.41, 5.74) is 0.864. The summed E-state index contributed by atoms with van der Waals surface area (Å²) in [6.45, 7) is 0.276. The van der Waals surface area contributed by atoms with E-state index < -0.39 is 10.4 Å². The third kappa shape index (κ3) is 2.41. The molecule has 3 nitrogen and oxygen atoms in total. The molecule has 1 saturated heterocycles. The van der Waals surface area contributed by atoms with Crippen LogP contribution in [-0.4, -0.2) is 19.3 Å². The van der Waals surface area contributed by atoms with Gasteiger partial charge in [0.2, 0.25) is 0 Å². The number of rotatable bonds is 2. The summed E-state index contributed by atoms with van der Waals surface area (Å²) in [4.78, 5) is 0. The second kappa shape index (κ2) is 4.51. The Labute approximate surface area is 95.2 Å². The van der Waals surface area contributed by atoms with Gasteiger partial charge in [0, 0.05) is 6.54 Å². The molecule has 0 saturated carbocycles. The highest BCUT2D eigenvalue weighted by atomic mass is 32.3. The van der Waals surface area contributed by atoms with Crippen molar-refractivity contribution in [1.29, 1.82) is 0 Å². The predicted octanol–water partition coefficient (Wildman–Crippen LogP) is 2.43. The third-order valence-corrected chi connectivity index (χ3v) is 3.92. The number of hydrogen-bond donors (Lipinski definition) is 0. The lowest BCUT2D eigenvalue weighted by molar-refractivity contribution is 0.245. The number of piperidine rings is 1. The van der Waals surface area contributed by atoms with Crippen LogP contribution in [-0.2, 0) is 10.4 Å². The van der Waals surface area contributed by atoms with Crippen molar-refractivity contribution in [2.24, 2.45) is 0 Å². The van der Waals surface area contributed by atoms with Gasteiger partial charge < -0.3 is 0 Å². The number of hydrogen-bond acceptors (Lipinski definition) is 2. The van der Waals surface area contributed by atoms with E-state index in [1.54, 1.807) is 0 Å². The van der Waals surface area contributed by atoms with Gasteiger partial charge in [-0.3, -0.25) is 0 Å². The Kier molecular flexibility index (Phi) is 3.25. The summed E-state index contributed by atoms with van der Waals surface area (Å²) >= 11 is 0. The van der Waals surface area contributed by atoms with E-state index >= 15 is 0 Å². The number of benzene rings is 1. The molecule has 0 aromatic heterocycles. The first-order valence-electron chi connectivity index (χ1n) is 5.35. The summed E-state index contributed by atoms with van der Waals surface area (Å²) in [7, 11) is -4.59. The van der Waals surface area contributed by atoms with E-state index in [2.05, 4.69) is 0 Å². The van der Waals surface area contributed by atoms with Crippen LogP contribution in [0.4, 0.5) is 3.89 Å². The topological polar surface area (TPSA) is 37.4 Å². The molecule has 0 bridgehead atoms. The zero-order valence-corrected chi connectivity index (χ0v) is 9.66. The molecule has 0 spiro atoms. The van der Waals surface area contributed by atoms with Gasteiger partial charge in [0.1, 0.15) is 0 Å². The highest BCUT2D eigenvalue weighted by molar-refractivity contribution is 7.83. The van der Waals surface area contributed by atoms with E-state index in [9.17, 15) is 12.3 Å². The van der Waals surface area contributed by atoms with E-state index in [0.717, 1.165) is 22.7 Å². The lowest BCUT2D eigenvalue weighted by Crippen LogP contribution is -2.36. The Balaban J connectivity index is 2.31. The molecule has 0 radical (unpaired) electrons. The molecule has 1 aliphatic rings. The monoisotopic (exact) mass is 243 g/mol. The van der Waals surface area contributed by atoms with Crippen LogP contribution in [0.15, 0.2) is 30.3 Å². The van der Waals surface area contributed by atoms with Crippen LogP contribution in [0.2, 0.25) is 0 Å². The molecule has 0 amide bonds. The van der Waals surface area contributed by atoms with Crippen molar-refractivity contribution in [3.05, 3.63) is 35.9 Å². The van der Waals surface area contributed by atoms with E-state index in [1.165, 1.54) is 0 Å². The molecule has 5 heteroatoms. The predicted molar refractivity (Wildman–Crippen MR) is 59.8 cm³/mol. The van der Waals surface area contributed by atoms with Gasteiger partial charge in [0.05, 0.1) is 6.04 Å². The van der Waals surface area contributed by atoms with Crippen LogP contribution >= 0.6 is 0 Å². The van der Waals surface area contributed by atoms with E-state index in [1.807, 2.05) is 30.3 Å². The number of nitrogens with zero attached hydrogens (tertiary/aromatic N) is 1. The Bertz CT molecular complexity index is 446. The van der Waals surface area contributed by atoms with Crippen molar-refractivity contribution >= 4 is 10.4 Å². The minimum Gasteiger partial charge on any atom is -0.177 e. The zero-order chi connectivity index (χ0) is 11.6. The van der Waals surface area contributed by atoms with Gasteiger partial charge in [-0.05, 0) is 18.4 Å². The van der Waals surface area contributed by atoms with Crippen molar-refractivity contribution in [3.63, 3.8) is 0 Å². The van der Waals surface area contributed by atoms with Crippen LogP contribution in [0.5, 0.6) is 0 Å². The lowest BCUT2D eigenvalue weighted by atomic mass is 9.98.